The Bertz CT molecular complexity index is 724. The average molecular weight is 332 g/mol. The van der Waals surface area contributed by atoms with Crippen molar-refractivity contribution in [3.63, 3.8) is 0 Å². The van der Waals surface area contributed by atoms with Crippen LogP contribution in [0.5, 0.6) is 0 Å². The molecule has 2 aromatic rings. The average Bonchev–Trinajstić information content (AvgIpc) is 3.10. The number of thiophene rings is 1. The van der Waals surface area contributed by atoms with Gasteiger partial charge in [-0.2, -0.15) is 5.10 Å². The SMILES string of the molecule is CNC(=O)Cc1nc(-c2scc3c2CCCC3)n(C(C)(C)C)n1. The largest absolute Gasteiger partial charge is 0.359 e. The van der Waals surface area contributed by atoms with Gasteiger partial charge in [0.25, 0.3) is 0 Å². The molecule has 0 aromatic carbocycles. The Morgan fingerprint density at radius 2 is 2.09 bits per heavy atom. The molecule has 0 unspecified atom stereocenters. The van der Waals surface area contributed by atoms with Crippen LogP contribution in [0.25, 0.3) is 10.7 Å². The minimum atomic E-state index is -0.172. The highest BCUT2D eigenvalue weighted by Gasteiger charge is 2.26. The lowest BCUT2D eigenvalue weighted by atomic mass is 9.93. The molecule has 0 saturated heterocycles. The third-order valence-electron chi connectivity index (χ3n) is 4.19. The molecule has 2 aromatic heterocycles. The fourth-order valence-corrected chi connectivity index (χ4v) is 4.12. The van der Waals surface area contributed by atoms with Gasteiger partial charge in [0.1, 0.15) is 0 Å². The summed E-state index contributed by atoms with van der Waals surface area (Å²) in [5.74, 6) is 1.44. The van der Waals surface area contributed by atoms with Crippen molar-refractivity contribution in [1.29, 1.82) is 0 Å². The van der Waals surface area contributed by atoms with Crippen molar-refractivity contribution < 1.29 is 4.79 Å². The van der Waals surface area contributed by atoms with Crippen LogP contribution < -0.4 is 5.32 Å². The number of carbonyl (C=O) groups excluding carboxylic acids is 1. The van der Waals surface area contributed by atoms with Crippen molar-refractivity contribution in [1.82, 2.24) is 20.1 Å². The van der Waals surface area contributed by atoms with Crippen LogP contribution in [-0.4, -0.2) is 27.7 Å². The van der Waals surface area contributed by atoms with Gasteiger partial charge in [0.15, 0.2) is 11.6 Å². The number of rotatable bonds is 3. The van der Waals surface area contributed by atoms with Crippen molar-refractivity contribution in [2.75, 3.05) is 7.05 Å². The number of nitrogens with one attached hydrogen (secondary N) is 1. The molecule has 0 radical (unpaired) electrons. The number of likely N-dealkylation sites (N-methyl/N-ethyl adjacent to an activating group) is 1. The molecule has 1 aliphatic carbocycles. The minimum Gasteiger partial charge on any atom is -0.359 e. The first kappa shape index (κ1) is 16.2. The van der Waals surface area contributed by atoms with Crippen LogP contribution in [0.4, 0.5) is 0 Å². The Morgan fingerprint density at radius 1 is 1.35 bits per heavy atom. The smallest absolute Gasteiger partial charge is 0.227 e. The molecule has 0 bridgehead atoms. The third kappa shape index (κ3) is 3.17. The lowest BCUT2D eigenvalue weighted by Crippen LogP contribution is -2.25. The maximum Gasteiger partial charge on any atom is 0.227 e. The lowest BCUT2D eigenvalue weighted by Gasteiger charge is -2.21. The van der Waals surface area contributed by atoms with Gasteiger partial charge in [0.2, 0.25) is 5.91 Å². The molecule has 124 valence electrons. The molecule has 23 heavy (non-hydrogen) atoms. The maximum absolute atomic E-state index is 11.7. The number of aromatic nitrogens is 3. The number of nitrogens with zero attached hydrogens (tertiary/aromatic N) is 3. The zero-order valence-electron chi connectivity index (χ0n) is 14.3. The van der Waals surface area contributed by atoms with Crippen molar-refractivity contribution in [3.8, 4) is 10.7 Å². The Kier molecular flexibility index (Phi) is 4.27. The first-order valence-corrected chi connectivity index (χ1v) is 9.04. The summed E-state index contributed by atoms with van der Waals surface area (Å²) >= 11 is 1.76. The van der Waals surface area contributed by atoms with E-state index in [0.717, 1.165) is 12.2 Å². The maximum atomic E-state index is 11.7. The number of amides is 1. The summed E-state index contributed by atoms with van der Waals surface area (Å²) in [4.78, 5) is 17.6. The molecule has 1 amide bonds. The monoisotopic (exact) mass is 332 g/mol. The molecular formula is C17H24N4OS. The van der Waals surface area contributed by atoms with E-state index in [-0.39, 0.29) is 17.9 Å². The van der Waals surface area contributed by atoms with Crippen molar-refractivity contribution in [2.45, 2.75) is 58.4 Å². The predicted octanol–water partition coefficient (Wildman–Crippen LogP) is 2.93. The summed E-state index contributed by atoms with van der Waals surface area (Å²) in [6.07, 6.45) is 5.03. The Hall–Kier alpha value is -1.69. The van der Waals surface area contributed by atoms with Gasteiger partial charge in [-0.15, -0.1) is 11.3 Å². The van der Waals surface area contributed by atoms with E-state index < -0.39 is 0 Å². The summed E-state index contributed by atoms with van der Waals surface area (Å²) in [5.41, 5.74) is 2.73. The highest BCUT2D eigenvalue weighted by molar-refractivity contribution is 7.13. The predicted molar refractivity (Wildman–Crippen MR) is 92.7 cm³/mol. The van der Waals surface area contributed by atoms with Crippen molar-refractivity contribution >= 4 is 17.2 Å². The number of aryl methyl sites for hydroxylation is 1. The van der Waals surface area contributed by atoms with E-state index >= 15 is 0 Å². The second-order valence-electron chi connectivity index (χ2n) is 7.06. The van der Waals surface area contributed by atoms with Crippen LogP contribution in [0, 0.1) is 0 Å². The fourth-order valence-electron chi connectivity index (χ4n) is 2.98. The van der Waals surface area contributed by atoms with E-state index in [1.165, 1.54) is 35.3 Å². The van der Waals surface area contributed by atoms with E-state index in [4.69, 9.17) is 4.98 Å². The highest BCUT2D eigenvalue weighted by Crippen LogP contribution is 2.37. The van der Waals surface area contributed by atoms with Crippen LogP contribution in [0.1, 0.15) is 50.6 Å². The van der Waals surface area contributed by atoms with Gasteiger partial charge < -0.3 is 5.32 Å². The summed E-state index contributed by atoms with van der Waals surface area (Å²) in [6.45, 7) is 6.36. The second kappa shape index (κ2) is 6.07. The Morgan fingerprint density at radius 3 is 2.78 bits per heavy atom. The zero-order chi connectivity index (χ0) is 16.6. The van der Waals surface area contributed by atoms with Crippen LogP contribution >= 0.6 is 11.3 Å². The van der Waals surface area contributed by atoms with Gasteiger partial charge in [-0.25, -0.2) is 9.67 Å². The number of hydrogen-bond acceptors (Lipinski definition) is 4. The van der Waals surface area contributed by atoms with Crippen LogP contribution in [0.15, 0.2) is 5.38 Å². The third-order valence-corrected chi connectivity index (χ3v) is 5.26. The lowest BCUT2D eigenvalue weighted by molar-refractivity contribution is -0.120. The van der Waals surface area contributed by atoms with Crippen LogP contribution in [-0.2, 0) is 29.6 Å². The Balaban J connectivity index is 2.07. The molecule has 3 rings (SSSR count). The van der Waals surface area contributed by atoms with Gasteiger partial charge >= 0.3 is 0 Å². The van der Waals surface area contributed by atoms with E-state index in [2.05, 4.69) is 36.6 Å². The molecule has 2 heterocycles. The molecule has 0 atom stereocenters. The van der Waals surface area contributed by atoms with Gasteiger partial charge in [-0.1, -0.05) is 0 Å². The molecule has 0 fully saturated rings. The molecule has 0 aliphatic heterocycles. The topological polar surface area (TPSA) is 59.8 Å². The van der Waals surface area contributed by atoms with Crippen molar-refractivity contribution in [3.05, 3.63) is 22.3 Å². The number of carbonyl (C=O) groups is 1. The fraction of sp³-hybridized carbons (Fsp3) is 0.588. The van der Waals surface area contributed by atoms with Gasteiger partial charge in [-0.3, -0.25) is 4.79 Å². The van der Waals surface area contributed by atoms with E-state index in [0.29, 0.717) is 5.82 Å². The summed E-state index contributed by atoms with van der Waals surface area (Å²) in [5, 5.41) is 9.53. The molecule has 0 spiro atoms. The summed E-state index contributed by atoms with van der Waals surface area (Å²) in [7, 11) is 1.64. The minimum absolute atomic E-state index is 0.0594. The Labute approximate surface area is 141 Å². The molecule has 1 N–H and O–H groups in total. The van der Waals surface area contributed by atoms with Crippen LogP contribution in [0.3, 0.4) is 0 Å². The highest BCUT2D eigenvalue weighted by atomic mass is 32.1. The summed E-state index contributed by atoms with van der Waals surface area (Å²) < 4.78 is 1.98. The summed E-state index contributed by atoms with van der Waals surface area (Å²) in [6, 6.07) is 0. The second-order valence-corrected chi connectivity index (χ2v) is 7.94. The quantitative estimate of drug-likeness (QED) is 0.940. The van der Waals surface area contributed by atoms with Gasteiger partial charge in [0, 0.05) is 7.05 Å². The first-order chi connectivity index (χ1) is 10.9. The molecule has 6 heteroatoms. The number of fused-ring (bicyclic) bond motifs is 1. The molecule has 1 aliphatic rings. The van der Waals surface area contributed by atoms with Gasteiger partial charge in [0.05, 0.1) is 16.8 Å². The first-order valence-electron chi connectivity index (χ1n) is 8.16. The standard InChI is InChI=1S/C17H24N4OS/c1-17(2,3)21-16(19-13(20-21)9-14(22)18-4)15-12-8-6-5-7-11(12)10-23-15/h10H,5-9H2,1-4H3,(H,18,22). The molecule has 5 nitrogen and oxygen atoms in total. The van der Waals surface area contributed by atoms with Gasteiger partial charge in [-0.05, 0) is 63.0 Å². The zero-order valence-corrected chi connectivity index (χ0v) is 15.1. The molecule has 0 saturated carbocycles. The van der Waals surface area contributed by atoms with E-state index in [9.17, 15) is 4.79 Å². The van der Waals surface area contributed by atoms with E-state index in [1.54, 1.807) is 18.4 Å². The molecular weight excluding hydrogens is 308 g/mol. The van der Waals surface area contributed by atoms with Crippen molar-refractivity contribution in [2.24, 2.45) is 0 Å². The normalized spacial score (nSPS) is 14.6. The number of hydrogen-bond donors (Lipinski definition) is 1. The van der Waals surface area contributed by atoms with Crippen LogP contribution in [0.2, 0.25) is 0 Å². The van der Waals surface area contributed by atoms with E-state index in [1.807, 2.05) is 4.68 Å².